The molecule has 0 aliphatic heterocycles. The highest BCUT2D eigenvalue weighted by atomic mass is 32.2. The van der Waals surface area contributed by atoms with E-state index in [9.17, 15) is 13.2 Å². The second-order valence-corrected chi connectivity index (χ2v) is 5.43. The lowest BCUT2D eigenvalue weighted by Crippen LogP contribution is -2.35. The third-order valence-electron chi connectivity index (χ3n) is 2.25. The lowest BCUT2D eigenvalue weighted by molar-refractivity contribution is -0.142. The highest BCUT2D eigenvalue weighted by molar-refractivity contribution is 7.89. The highest BCUT2D eigenvalue weighted by Gasteiger charge is 2.25. The minimum absolute atomic E-state index is 0.0900. The van der Waals surface area contributed by atoms with Gasteiger partial charge in [0.1, 0.15) is 6.04 Å². The van der Waals surface area contributed by atoms with Crippen molar-refractivity contribution in [3.63, 3.8) is 0 Å². The third kappa shape index (κ3) is 3.83. The van der Waals surface area contributed by atoms with E-state index in [1.54, 1.807) is 30.3 Å². The molecule has 1 N–H and O–H groups in total. The molecule has 0 amide bonds. The molecule has 17 heavy (non-hydrogen) atoms. The zero-order chi connectivity index (χ0) is 12.9. The summed E-state index contributed by atoms with van der Waals surface area (Å²) in [5, 5.41) is 0. The van der Waals surface area contributed by atoms with Crippen LogP contribution in [0.25, 0.3) is 0 Å². The molecule has 1 aromatic carbocycles. The van der Waals surface area contributed by atoms with E-state index in [-0.39, 0.29) is 5.75 Å². The first-order valence-electron chi connectivity index (χ1n) is 5.13. The summed E-state index contributed by atoms with van der Waals surface area (Å²) in [6, 6.07) is 7.58. The van der Waals surface area contributed by atoms with Crippen molar-refractivity contribution < 1.29 is 17.9 Å². The molecule has 0 saturated heterocycles. The van der Waals surface area contributed by atoms with Crippen LogP contribution in [0.15, 0.2) is 30.3 Å². The van der Waals surface area contributed by atoms with Crippen LogP contribution < -0.4 is 4.72 Å². The van der Waals surface area contributed by atoms with Crippen LogP contribution in [0.4, 0.5) is 0 Å². The molecule has 0 bridgehead atoms. The summed E-state index contributed by atoms with van der Waals surface area (Å²) in [6.07, 6.45) is 0. The summed E-state index contributed by atoms with van der Waals surface area (Å²) in [6.45, 7) is 1.50. The van der Waals surface area contributed by atoms with Crippen LogP contribution in [0.2, 0.25) is 0 Å². The van der Waals surface area contributed by atoms with Crippen molar-refractivity contribution in [2.24, 2.45) is 0 Å². The van der Waals surface area contributed by atoms with Gasteiger partial charge in [-0.25, -0.2) is 13.2 Å². The van der Waals surface area contributed by atoms with E-state index >= 15 is 0 Å². The van der Waals surface area contributed by atoms with Crippen molar-refractivity contribution in [3.8, 4) is 0 Å². The molecule has 0 heterocycles. The van der Waals surface area contributed by atoms with Crippen LogP contribution >= 0.6 is 0 Å². The average Bonchev–Trinajstić information content (AvgIpc) is 2.36. The molecule has 0 radical (unpaired) electrons. The van der Waals surface area contributed by atoms with Crippen molar-refractivity contribution in [2.45, 2.75) is 13.0 Å². The van der Waals surface area contributed by atoms with Crippen LogP contribution in [0.5, 0.6) is 0 Å². The Hall–Kier alpha value is -1.40. The van der Waals surface area contributed by atoms with Crippen molar-refractivity contribution in [1.29, 1.82) is 0 Å². The van der Waals surface area contributed by atoms with Gasteiger partial charge in [-0.3, -0.25) is 0 Å². The lowest BCUT2D eigenvalue weighted by Gasteiger charge is -2.16. The van der Waals surface area contributed by atoms with Crippen LogP contribution in [0.3, 0.4) is 0 Å². The molecule has 1 rings (SSSR count). The van der Waals surface area contributed by atoms with E-state index < -0.39 is 22.0 Å². The number of carbonyl (C=O) groups excluding carboxylic acids is 1. The molecule has 0 aliphatic carbocycles. The fourth-order valence-electron chi connectivity index (χ4n) is 1.28. The highest BCUT2D eigenvalue weighted by Crippen LogP contribution is 2.15. The van der Waals surface area contributed by atoms with Gasteiger partial charge >= 0.3 is 5.97 Å². The molecule has 0 aromatic heterocycles. The molecule has 0 saturated carbocycles. The normalized spacial score (nSPS) is 13.1. The number of nitrogens with one attached hydrogen (secondary N) is 1. The Morgan fingerprint density at radius 3 is 2.41 bits per heavy atom. The lowest BCUT2D eigenvalue weighted by atomic mass is 10.1. The second-order valence-electron chi connectivity index (χ2n) is 3.39. The first kappa shape index (κ1) is 13.7. The van der Waals surface area contributed by atoms with Gasteiger partial charge in [0.05, 0.1) is 12.9 Å². The first-order valence-corrected chi connectivity index (χ1v) is 6.78. The predicted octanol–water partition coefficient (Wildman–Crippen LogP) is 0.840. The summed E-state index contributed by atoms with van der Waals surface area (Å²) < 4.78 is 29.9. The molecule has 0 spiro atoms. The van der Waals surface area contributed by atoms with Crippen LogP contribution in [-0.4, -0.2) is 27.2 Å². The number of sulfonamides is 1. The van der Waals surface area contributed by atoms with Crippen molar-refractivity contribution in [3.05, 3.63) is 35.9 Å². The second kappa shape index (κ2) is 5.79. The van der Waals surface area contributed by atoms with E-state index in [1.165, 1.54) is 14.0 Å². The number of methoxy groups -OCH3 is 1. The number of benzene rings is 1. The Morgan fingerprint density at radius 2 is 1.94 bits per heavy atom. The summed E-state index contributed by atoms with van der Waals surface area (Å²) >= 11 is 0. The van der Waals surface area contributed by atoms with Crippen LogP contribution in [0, 0.1) is 0 Å². The van der Waals surface area contributed by atoms with Crippen molar-refractivity contribution >= 4 is 16.0 Å². The molecular formula is C11H15NO4S. The van der Waals surface area contributed by atoms with E-state index in [2.05, 4.69) is 9.46 Å². The zero-order valence-corrected chi connectivity index (χ0v) is 10.5. The largest absolute Gasteiger partial charge is 0.468 e. The maximum Gasteiger partial charge on any atom is 0.328 e. The predicted molar refractivity (Wildman–Crippen MR) is 63.8 cm³/mol. The molecule has 6 heteroatoms. The minimum atomic E-state index is -3.47. The van der Waals surface area contributed by atoms with Gasteiger partial charge in [0, 0.05) is 0 Å². The number of hydrogen-bond acceptors (Lipinski definition) is 4. The first-order chi connectivity index (χ1) is 8.00. The maximum atomic E-state index is 11.6. The Labute approximate surface area is 101 Å². The van der Waals surface area contributed by atoms with Crippen molar-refractivity contribution in [1.82, 2.24) is 4.72 Å². The quantitative estimate of drug-likeness (QED) is 0.793. The van der Waals surface area contributed by atoms with Gasteiger partial charge < -0.3 is 4.74 Å². The van der Waals surface area contributed by atoms with Gasteiger partial charge in [-0.2, -0.15) is 4.72 Å². The number of rotatable bonds is 5. The standard InChI is InChI=1S/C11H15NO4S/c1-3-17(14,15)12-10(11(13)16-2)9-7-5-4-6-8-9/h4-8,10,12H,3H2,1-2H3/t10-/m1/s1. The molecule has 1 atom stereocenters. The number of ether oxygens (including phenoxy) is 1. The number of carbonyl (C=O) groups is 1. The van der Waals surface area contributed by atoms with Gasteiger partial charge in [0.2, 0.25) is 10.0 Å². The topological polar surface area (TPSA) is 72.5 Å². The smallest absolute Gasteiger partial charge is 0.328 e. The van der Waals surface area contributed by atoms with Crippen LogP contribution in [0.1, 0.15) is 18.5 Å². The Balaban J connectivity index is 3.02. The molecule has 0 aliphatic rings. The van der Waals surface area contributed by atoms with Gasteiger partial charge in [0.25, 0.3) is 0 Å². The number of esters is 1. The molecule has 94 valence electrons. The van der Waals surface area contributed by atoms with E-state index in [0.717, 1.165) is 0 Å². The Bertz CT molecular complexity index is 470. The Kier molecular flexibility index (Phi) is 4.65. The zero-order valence-electron chi connectivity index (χ0n) is 9.71. The fraction of sp³-hybridized carbons (Fsp3) is 0.364. The molecule has 0 fully saturated rings. The maximum absolute atomic E-state index is 11.6. The third-order valence-corrected chi connectivity index (χ3v) is 3.60. The fourth-order valence-corrected chi connectivity index (χ4v) is 2.04. The molecular weight excluding hydrogens is 242 g/mol. The van der Waals surface area contributed by atoms with Gasteiger partial charge in [-0.15, -0.1) is 0 Å². The monoisotopic (exact) mass is 257 g/mol. The summed E-state index contributed by atoms with van der Waals surface area (Å²) in [7, 11) is -2.25. The van der Waals surface area contributed by atoms with Gasteiger partial charge in [-0.1, -0.05) is 30.3 Å². The molecule has 1 aromatic rings. The Morgan fingerprint density at radius 1 is 1.35 bits per heavy atom. The average molecular weight is 257 g/mol. The summed E-state index contributed by atoms with van der Waals surface area (Å²) in [4.78, 5) is 11.6. The van der Waals surface area contributed by atoms with E-state index in [1.807, 2.05) is 0 Å². The SMILES string of the molecule is CCS(=O)(=O)N[C@@H](C(=O)OC)c1ccccc1. The van der Waals surface area contributed by atoms with Gasteiger partial charge in [0.15, 0.2) is 0 Å². The summed E-state index contributed by atoms with van der Waals surface area (Å²) in [5.74, 6) is -0.721. The summed E-state index contributed by atoms with van der Waals surface area (Å²) in [5.41, 5.74) is 0.552. The molecule has 5 nitrogen and oxygen atoms in total. The van der Waals surface area contributed by atoms with E-state index in [0.29, 0.717) is 5.56 Å². The van der Waals surface area contributed by atoms with Crippen molar-refractivity contribution in [2.75, 3.05) is 12.9 Å². The minimum Gasteiger partial charge on any atom is -0.468 e. The molecule has 0 unspecified atom stereocenters. The van der Waals surface area contributed by atoms with E-state index in [4.69, 9.17) is 0 Å². The van der Waals surface area contributed by atoms with Gasteiger partial charge in [-0.05, 0) is 12.5 Å². The number of hydrogen-bond donors (Lipinski definition) is 1. The van der Waals surface area contributed by atoms with Crippen LogP contribution in [-0.2, 0) is 19.6 Å².